The summed E-state index contributed by atoms with van der Waals surface area (Å²) in [4.78, 5) is 8.38. The fourth-order valence-electron chi connectivity index (χ4n) is 2.99. The van der Waals surface area contributed by atoms with Crippen molar-refractivity contribution >= 4 is 23.2 Å². The minimum atomic E-state index is -4.10. The van der Waals surface area contributed by atoms with Crippen LogP contribution < -0.4 is 5.32 Å². The molecule has 23 heavy (non-hydrogen) atoms. The lowest BCUT2D eigenvalue weighted by molar-refractivity contribution is -0.182. The second-order valence-electron chi connectivity index (χ2n) is 5.78. The predicted molar refractivity (Wildman–Crippen MR) is 80.6 cm³/mol. The number of alkyl halides is 3. The van der Waals surface area contributed by atoms with Crippen molar-refractivity contribution in [3.63, 3.8) is 0 Å². The Morgan fingerprint density at radius 1 is 1.30 bits per heavy atom. The molecule has 1 aliphatic carbocycles. The van der Waals surface area contributed by atoms with Gasteiger partial charge in [-0.05, 0) is 32.1 Å². The topological polar surface area (TPSA) is 55.1 Å². The van der Waals surface area contributed by atoms with Crippen LogP contribution >= 0.6 is 11.6 Å². The lowest BCUT2D eigenvalue weighted by atomic mass is 9.85. The molecule has 3 rings (SSSR count). The van der Waals surface area contributed by atoms with Gasteiger partial charge in [-0.25, -0.2) is 4.98 Å². The zero-order valence-electron chi connectivity index (χ0n) is 12.6. The van der Waals surface area contributed by atoms with E-state index in [0.717, 1.165) is 0 Å². The highest BCUT2D eigenvalue weighted by molar-refractivity contribution is 6.33. The number of hydrogen-bond acceptors (Lipinski definition) is 4. The Balaban J connectivity index is 1.80. The molecule has 126 valence electrons. The summed E-state index contributed by atoms with van der Waals surface area (Å²) < 4.78 is 39.8. The first-order valence-electron chi connectivity index (χ1n) is 7.61. The second kappa shape index (κ2) is 6.14. The Labute approximate surface area is 136 Å². The number of halogens is 4. The van der Waals surface area contributed by atoms with Gasteiger partial charge in [0.15, 0.2) is 5.82 Å². The van der Waals surface area contributed by atoms with E-state index < -0.39 is 12.1 Å². The SMILES string of the molecule is CCc1nc2ncnn2c(N[C@H]2CC[C@@H](C(F)(F)F)CC2)c1Cl. The summed E-state index contributed by atoms with van der Waals surface area (Å²) in [7, 11) is 0. The Morgan fingerprint density at radius 2 is 2.00 bits per heavy atom. The molecule has 0 radical (unpaired) electrons. The third kappa shape index (κ3) is 3.22. The highest BCUT2D eigenvalue weighted by Gasteiger charge is 2.41. The molecular weight excluding hydrogens is 331 g/mol. The molecule has 0 saturated heterocycles. The van der Waals surface area contributed by atoms with Gasteiger partial charge in [-0.15, -0.1) is 0 Å². The molecule has 0 unspecified atom stereocenters. The molecule has 0 atom stereocenters. The van der Waals surface area contributed by atoms with Crippen molar-refractivity contribution in [2.75, 3.05) is 5.32 Å². The number of aromatic nitrogens is 4. The average Bonchev–Trinajstić information content (AvgIpc) is 2.97. The summed E-state index contributed by atoms with van der Waals surface area (Å²) in [5.74, 6) is -0.217. The maximum atomic E-state index is 12.8. The lowest BCUT2D eigenvalue weighted by Crippen LogP contribution is -2.33. The van der Waals surface area contributed by atoms with Crippen molar-refractivity contribution in [3.05, 3.63) is 17.0 Å². The maximum absolute atomic E-state index is 12.8. The van der Waals surface area contributed by atoms with Gasteiger partial charge >= 0.3 is 6.18 Å². The largest absolute Gasteiger partial charge is 0.391 e. The molecule has 1 aliphatic rings. The van der Waals surface area contributed by atoms with Crippen molar-refractivity contribution < 1.29 is 13.2 Å². The van der Waals surface area contributed by atoms with Crippen LogP contribution in [0.4, 0.5) is 19.0 Å². The van der Waals surface area contributed by atoms with Crippen LogP contribution in [0.5, 0.6) is 0 Å². The number of anilines is 1. The highest BCUT2D eigenvalue weighted by atomic mass is 35.5. The van der Waals surface area contributed by atoms with E-state index in [9.17, 15) is 13.2 Å². The van der Waals surface area contributed by atoms with Crippen molar-refractivity contribution in [2.45, 2.75) is 51.2 Å². The first kappa shape index (κ1) is 16.3. The van der Waals surface area contributed by atoms with E-state index in [-0.39, 0.29) is 18.9 Å². The van der Waals surface area contributed by atoms with Gasteiger partial charge in [-0.3, -0.25) is 0 Å². The quantitative estimate of drug-likeness (QED) is 0.915. The summed E-state index contributed by atoms with van der Waals surface area (Å²) in [6, 6.07) is -0.0643. The monoisotopic (exact) mass is 347 g/mol. The minimum Gasteiger partial charge on any atom is -0.366 e. The van der Waals surface area contributed by atoms with Crippen LogP contribution in [0.3, 0.4) is 0 Å². The van der Waals surface area contributed by atoms with Crippen LogP contribution in [0.25, 0.3) is 5.78 Å². The smallest absolute Gasteiger partial charge is 0.366 e. The van der Waals surface area contributed by atoms with Crippen LogP contribution in [-0.4, -0.2) is 31.8 Å². The molecule has 5 nitrogen and oxygen atoms in total. The van der Waals surface area contributed by atoms with E-state index in [2.05, 4.69) is 20.4 Å². The van der Waals surface area contributed by atoms with E-state index >= 15 is 0 Å². The zero-order valence-corrected chi connectivity index (χ0v) is 13.3. The molecule has 2 aromatic heterocycles. The summed E-state index contributed by atoms with van der Waals surface area (Å²) in [5, 5.41) is 7.78. The maximum Gasteiger partial charge on any atom is 0.391 e. The minimum absolute atomic E-state index is 0.0643. The number of nitrogens with zero attached hydrogens (tertiary/aromatic N) is 4. The molecule has 1 N–H and O–H groups in total. The third-order valence-corrected chi connectivity index (χ3v) is 4.70. The first-order valence-corrected chi connectivity index (χ1v) is 7.99. The molecule has 2 aromatic rings. The number of fused-ring (bicyclic) bond motifs is 1. The van der Waals surface area contributed by atoms with Gasteiger partial charge in [-0.2, -0.15) is 27.8 Å². The highest BCUT2D eigenvalue weighted by Crippen LogP contribution is 2.38. The Hall–Kier alpha value is -1.57. The van der Waals surface area contributed by atoms with Gasteiger partial charge in [0.25, 0.3) is 5.78 Å². The average molecular weight is 348 g/mol. The van der Waals surface area contributed by atoms with Crippen LogP contribution in [0.15, 0.2) is 6.33 Å². The molecule has 0 spiro atoms. The van der Waals surface area contributed by atoms with Gasteiger partial charge in [0.2, 0.25) is 0 Å². The van der Waals surface area contributed by atoms with E-state index in [1.807, 2.05) is 6.92 Å². The van der Waals surface area contributed by atoms with Crippen LogP contribution in [0.2, 0.25) is 5.02 Å². The summed E-state index contributed by atoms with van der Waals surface area (Å²) in [6.07, 6.45) is -0.938. The van der Waals surface area contributed by atoms with Crippen molar-refractivity contribution in [1.29, 1.82) is 0 Å². The summed E-state index contributed by atoms with van der Waals surface area (Å²) in [6.45, 7) is 1.93. The molecule has 9 heteroatoms. The van der Waals surface area contributed by atoms with E-state index in [4.69, 9.17) is 11.6 Å². The fourth-order valence-corrected chi connectivity index (χ4v) is 3.30. The molecule has 0 aliphatic heterocycles. The number of aryl methyl sites for hydroxylation is 1. The van der Waals surface area contributed by atoms with Gasteiger partial charge in [-0.1, -0.05) is 18.5 Å². The number of nitrogens with one attached hydrogen (secondary N) is 1. The third-order valence-electron chi connectivity index (χ3n) is 4.30. The fraction of sp³-hybridized carbons (Fsp3) is 0.643. The molecule has 1 fully saturated rings. The van der Waals surface area contributed by atoms with Gasteiger partial charge in [0, 0.05) is 6.04 Å². The molecule has 0 amide bonds. The molecule has 2 heterocycles. The Morgan fingerprint density at radius 3 is 2.61 bits per heavy atom. The second-order valence-corrected chi connectivity index (χ2v) is 6.16. The van der Waals surface area contributed by atoms with E-state index in [1.54, 1.807) is 0 Å². The van der Waals surface area contributed by atoms with Gasteiger partial charge in [0.1, 0.15) is 11.3 Å². The van der Waals surface area contributed by atoms with Gasteiger partial charge in [0.05, 0.1) is 11.6 Å². The van der Waals surface area contributed by atoms with Crippen LogP contribution in [0, 0.1) is 5.92 Å². The molecule has 1 saturated carbocycles. The summed E-state index contributed by atoms with van der Waals surface area (Å²) >= 11 is 6.37. The van der Waals surface area contributed by atoms with Crippen LogP contribution in [-0.2, 0) is 6.42 Å². The standard InChI is InChI=1S/C14H17ClF3N5/c1-2-10-11(15)12(23-13(22-10)19-7-20-23)21-9-5-3-8(4-6-9)14(16,17)18/h7-9,21H,2-6H2,1H3/t8-,9+. The number of hydrogen-bond donors (Lipinski definition) is 1. The van der Waals surface area contributed by atoms with Crippen molar-refractivity contribution in [3.8, 4) is 0 Å². The molecule has 0 bridgehead atoms. The number of rotatable bonds is 3. The van der Waals surface area contributed by atoms with Gasteiger partial charge < -0.3 is 5.32 Å². The van der Waals surface area contributed by atoms with Crippen molar-refractivity contribution in [1.82, 2.24) is 19.6 Å². The first-order chi connectivity index (χ1) is 10.9. The van der Waals surface area contributed by atoms with E-state index in [0.29, 0.717) is 41.6 Å². The lowest BCUT2D eigenvalue weighted by Gasteiger charge is -2.31. The Kier molecular flexibility index (Phi) is 4.35. The predicted octanol–water partition coefficient (Wildman–Crippen LogP) is 3.87. The van der Waals surface area contributed by atoms with Crippen LogP contribution in [0.1, 0.15) is 38.3 Å². The molecular formula is C14H17ClF3N5. The zero-order chi connectivity index (χ0) is 16.6. The van der Waals surface area contributed by atoms with E-state index in [1.165, 1.54) is 10.8 Å². The Bertz CT molecular complexity index is 692. The molecule has 0 aromatic carbocycles. The summed E-state index contributed by atoms with van der Waals surface area (Å²) in [5.41, 5.74) is 0.693. The normalized spacial score (nSPS) is 22.5. The van der Waals surface area contributed by atoms with Crippen molar-refractivity contribution in [2.24, 2.45) is 5.92 Å².